The van der Waals surface area contributed by atoms with E-state index in [-0.39, 0.29) is 0 Å². The van der Waals surface area contributed by atoms with Gasteiger partial charge in [-0.15, -0.1) is 0 Å². The van der Waals surface area contributed by atoms with Gasteiger partial charge in [-0.2, -0.15) is 0 Å². The topological polar surface area (TPSA) is 58.6 Å². The van der Waals surface area contributed by atoms with Gasteiger partial charge in [0.1, 0.15) is 12.4 Å². The number of carboxylic acid groups (broad SMARTS) is 1. The van der Waals surface area contributed by atoms with Crippen molar-refractivity contribution in [2.75, 3.05) is 5.32 Å². The van der Waals surface area contributed by atoms with E-state index in [4.69, 9.17) is 16.3 Å². The molecule has 3 rings (SSSR count). The van der Waals surface area contributed by atoms with Crippen molar-refractivity contribution in [1.29, 1.82) is 0 Å². The minimum atomic E-state index is -0.918. The Labute approximate surface area is 163 Å². The summed E-state index contributed by atoms with van der Waals surface area (Å²) in [6.07, 6.45) is 0. The molecule has 0 atom stereocenters. The lowest BCUT2D eigenvalue weighted by molar-refractivity contribution is 0.0696. The van der Waals surface area contributed by atoms with E-state index in [2.05, 4.69) is 5.32 Å². The standard InChI is InChI=1S/C22H20ClNO3/c1-15-20(22(25)26)3-2-4-21(15)24-13-16-7-11-19(12-8-16)27-14-17-5-9-18(23)10-6-17/h2-12,24H,13-14H2,1H3,(H,25,26). The van der Waals surface area contributed by atoms with Crippen LogP contribution in [0.5, 0.6) is 5.75 Å². The molecule has 3 aromatic carbocycles. The molecule has 0 unspecified atom stereocenters. The van der Waals surface area contributed by atoms with Crippen molar-refractivity contribution in [2.45, 2.75) is 20.1 Å². The lowest BCUT2D eigenvalue weighted by atomic mass is 10.1. The highest BCUT2D eigenvalue weighted by atomic mass is 35.5. The predicted octanol–water partition coefficient (Wildman–Crippen LogP) is 5.54. The average molecular weight is 382 g/mol. The van der Waals surface area contributed by atoms with Crippen molar-refractivity contribution in [3.05, 3.63) is 94.0 Å². The number of anilines is 1. The van der Waals surface area contributed by atoms with Gasteiger partial charge in [0.25, 0.3) is 0 Å². The first-order valence-electron chi connectivity index (χ1n) is 8.56. The summed E-state index contributed by atoms with van der Waals surface area (Å²) in [5, 5.41) is 13.2. The van der Waals surface area contributed by atoms with Crippen LogP contribution in [-0.2, 0) is 13.2 Å². The van der Waals surface area contributed by atoms with Crippen LogP contribution in [0.3, 0.4) is 0 Å². The molecule has 0 saturated heterocycles. The van der Waals surface area contributed by atoms with Crippen LogP contribution < -0.4 is 10.1 Å². The van der Waals surface area contributed by atoms with E-state index < -0.39 is 5.97 Å². The Morgan fingerprint density at radius 2 is 1.67 bits per heavy atom. The highest BCUT2D eigenvalue weighted by molar-refractivity contribution is 6.30. The molecular weight excluding hydrogens is 362 g/mol. The fourth-order valence-electron chi connectivity index (χ4n) is 2.71. The molecular formula is C22H20ClNO3. The van der Waals surface area contributed by atoms with Crippen LogP contribution in [0.1, 0.15) is 27.0 Å². The molecule has 0 aliphatic carbocycles. The maximum atomic E-state index is 11.2. The van der Waals surface area contributed by atoms with Crippen LogP contribution in [0, 0.1) is 6.92 Å². The van der Waals surface area contributed by atoms with Crippen LogP contribution in [0.25, 0.3) is 0 Å². The molecule has 4 nitrogen and oxygen atoms in total. The number of nitrogens with one attached hydrogen (secondary N) is 1. The predicted molar refractivity (Wildman–Crippen MR) is 108 cm³/mol. The maximum Gasteiger partial charge on any atom is 0.336 e. The lowest BCUT2D eigenvalue weighted by Crippen LogP contribution is -2.05. The van der Waals surface area contributed by atoms with E-state index in [0.717, 1.165) is 28.1 Å². The van der Waals surface area contributed by atoms with Gasteiger partial charge in [-0.05, 0) is 60.0 Å². The van der Waals surface area contributed by atoms with Gasteiger partial charge in [0.2, 0.25) is 0 Å². The molecule has 3 aromatic rings. The van der Waals surface area contributed by atoms with E-state index in [1.54, 1.807) is 19.1 Å². The average Bonchev–Trinajstić information content (AvgIpc) is 2.67. The van der Waals surface area contributed by atoms with E-state index in [9.17, 15) is 9.90 Å². The first-order chi connectivity index (χ1) is 13.0. The summed E-state index contributed by atoms with van der Waals surface area (Å²) in [6, 6.07) is 20.6. The van der Waals surface area contributed by atoms with Crippen LogP contribution in [0.4, 0.5) is 5.69 Å². The van der Waals surface area contributed by atoms with Crippen molar-refractivity contribution < 1.29 is 14.6 Å². The molecule has 0 spiro atoms. The number of aromatic carboxylic acids is 1. The monoisotopic (exact) mass is 381 g/mol. The van der Waals surface area contributed by atoms with Gasteiger partial charge in [-0.25, -0.2) is 4.79 Å². The molecule has 0 radical (unpaired) electrons. The van der Waals surface area contributed by atoms with Gasteiger partial charge >= 0.3 is 5.97 Å². The van der Waals surface area contributed by atoms with Crippen molar-refractivity contribution in [3.8, 4) is 5.75 Å². The largest absolute Gasteiger partial charge is 0.489 e. The number of benzene rings is 3. The zero-order chi connectivity index (χ0) is 19.2. The maximum absolute atomic E-state index is 11.2. The molecule has 0 saturated carbocycles. The Morgan fingerprint density at radius 3 is 2.33 bits per heavy atom. The lowest BCUT2D eigenvalue weighted by Gasteiger charge is -2.12. The third-order valence-corrected chi connectivity index (χ3v) is 4.54. The molecule has 0 fully saturated rings. The Kier molecular flexibility index (Phi) is 5.99. The minimum absolute atomic E-state index is 0.311. The van der Waals surface area contributed by atoms with Crippen molar-refractivity contribution >= 4 is 23.3 Å². The number of hydrogen-bond acceptors (Lipinski definition) is 3. The Morgan fingerprint density at radius 1 is 1.00 bits per heavy atom. The van der Waals surface area contributed by atoms with Crippen LogP contribution in [0.2, 0.25) is 5.02 Å². The first-order valence-corrected chi connectivity index (χ1v) is 8.93. The van der Waals surface area contributed by atoms with Gasteiger partial charge in [0.05, 0.1) is 5.56 Å². The number of carbonyl (C=O) groups is 1. The van der Waals surface area contributed by atoms with Gasteiger partial charge in [-0.1, -0.05) is 41.9 Å². The SMILES string of the molecule is Cc1c(NCc2ccc(OCc3ccc(Cl)cc3)cc2)cccc1C(=O)O. The highest BCUT2D eigenvalue weighted by Gasteiger charge is 2.09. The van der Waals surface area contributed by atoms with Crippen LogP contribution >= 0.6 is 11.6 Å². The Balaban J connectivity index is 1.57. The summed E-state index contributed by atoms with van der Waals surface area (Å²) in [7, 11) is 0. The summed E-state index contributed by atoms with van der Waals surface area (Å²) >= 11 is 5.88. The molecule has 5 heteroatoms. The van der Waals surface area contributed by atoms with Gasteiger partial charge in [0.15, 0.2) is 0 Å². The normalized spacial score (nSPS) is 10.4. The molecule has 0 heterocycles. The second-order valence-corrected chi connectivity index (χ2v) is 6.63. The number of hydrogen-bond donors (Lipinski definition) is 2. The molecule has 0 aliphatic rings. The Hall–Kier alpha value is -2.98. The molecule has 138 valence electrons. The molecule has 0 amide bonds. The summed E-state index contributed by atoms with van der Waals surface area (Å²) in [4.78, 5) is 11.2. The van der Waals surface area contributed by atoms with E-state index in [0.29, 0.717) is 23.7 Å². The van der Waals surface area contributed by atoms with Crippen LogP contribution in [-0.4, -0.2) is 11.1 Å². The summed E-state index contributed by atoms with van der Waals surface area (Å²) < 4.78 is 5.78. The molecule has 27 heavy (non-hydrogen) atoms. The van der Waals surface area contributed by atoms with Crippen molar-refractivity contribution in [1.82, 2.24) is 0 Å². The van der Waals surface area contributed by atoms with E-state index >= 15 is 0 Å². The number of halogens is 1. The summed E-state index contributed by atoms with van der Waals surface area (Å²) in [5.41, 5.74) is 3.99. The zero-order valence-corrected chi connectivity index (χ0v) is 15.7. The number of carboxylic acids is 1. The molecule has 0 aromatic heterocycles. The number of ether oxygens (including phenoxy) is 1. The second kappa shape index (κ2) is 8.60. The molecule has 2 N–H and O–H groups in total. The number of rotatable bonds is 7. The van der Waals surface area contributed by atoms with Crippen LogP contribution in [0.15, 0.2) is 66.7 Å². The third-order valence-electron chi connectivity index (χ3n) is 4.29. The third kappa shape index (κ3) is 5.02. The van der Waals surface area contributed by atoms with Crippen molar-refractivity contribution in [3.63, 3.8) is 0 Å². The minimum Gasteiger partial charge on any atom is -0.489 e. The smallest absolute Gasteiger partial charge is 0.336 e. The van der Waals surface area contributed by atoms with Crippen molar-refractivity contribution in [2.24, 2.45) is 0 Å². The molecule has 0 bridgehead atoms. The summed E-state index contributed by atoms with van der Waals surface area (Å²) in [6.45, 7) is 2.89. The molecule has 0 aliphatic heterocycles. The Bertz CT molecular complexity index is 921. The van der Waals surface area contributed by atoms with E-state index in [1.807, 2.05) is 54.6 Å². The zero-order valence-electron chi connectivity index (χ0n) is 14.9. The fraction of sp³-hybridized carbons (Fsp3) is 0.136. The first kappa shape index (κ1) is 18.8. The van der Waals surface area contributed by atoms with E-state index in [1.165, 1.54) is 0 Å². The quantitative estimate of drug-likeness (QED) is 0.564. The van der Waals surface area contributed by atoms with Gasteiger partial charge in [-0.3, -0.25) is 0 Å². The fourth-order valence-corrected chi connectivity index (χ4v) is 2.83. The van der Waals surface area contributed by atoms with Gasteiger partial charge < -0.3 is 15.2 Å². The summed E-state index contributed by atoms with van der Waals surface area (Å²) in [5.74, 6) is -0.129. The second-order valence-electron chi connectivity index (χ2n) is 6.20. The highest BCUT2D eigenvalue weighted by Crippen LogP contribution is 2.21. The van der Waals surface area contributed by atoms with Gasteiger partial charge in [0, 0.05) is 17.3 Å².